The lowest BCUT2D eigenvalue weighted by Gasteiger charge is -2.29. The molecule has 142 valence electrons. The molecule has 0 aromatic heterocycles. The molecule has 0 saturated carbocycles. The molecule has 1 atom stereocenters. The molecule has 1 heterocycles. The Kier molecular flexibility index (Phi) is 7.83. The Morgan fingerprint density at radius 3 is 2.64 bits per heavy atom. The standard InChI is InChI=1S/C16H24N2O5S.ClH/c1-12-13(15(19)23-3)6-4-7-14(12)24(20,21)18-10-16(11-22-2)8-5-9-17-16;/h4,6-7,17-18H,5,8-11H2,1-3H3;1H. The van der Waals surface area contributed by atoms with Crippen LogP contribution in [0.1, 0.15) is 28.8 Å². The van der Waals surface area contributed by atoms with E-state index in [9.17, 15) is 13.2 Å². The van der Waals surface area contributed by atoms with Gasteiger partial charge < -0.3 is 14.8 Å². The average molecular weight is 393 g/mol. The van der Waals surface area contributed by atoms with Crippen LogP contribution in [0.2, 0.25) is 0 Å². The number of methoxy groups -OCH3 is 2. The number of carbonyl (C=O) groups is 1. The van der Waals surface area contributed by atoms with E-state index in [1.54, 1.807) is 20.1 Å². The molecule has 0 bridgehead atoms. The largest absolute Gasteiger partial charge is 0.465 e. The van der Waals surface area contributed by atoms with Crippen LogP contribution >= 0.6 is 12.4 Å². The quantitative estimate of drug-likeness (QED) is 0.678. The van der Waals surface area contributed by atoms with Crippen LogP contribution in [0, 0.1) is 6.92 Å². The second-order valence-electron chi connectivity index (χ2n) is 5.99. The third kappa shape index (κ3) is 4.92. The van der Waals surface area contributed by atoms with Crippen LogP contribution in [0.15, 0.2) is 23.1 Å². The van der Waals surface area contributed by atoms with E-state index < -0.39 is 21.5 Å². The molecule has 9 heteroatoms. The van der Waals surface area contributed by atoms with E-state index in [0.717, 1.165) is 19.4 Å². The van der Waals surface area contributed by atoms with Crippen molar-refractivity contribution in [1.29, 1.82) is 0 Å². The van der Waals surface area contributed by atoms with Crippen LogP contribution in [-0.2, 0) is 19.5 Å². The molecule has 0 spiro atoms. The number of halogens is 1. The second kappa shape index (κ2) is 8.95. The summed E-state index contributed by atoms with van der Waals surface area (Å²) in [6.45, 7) is 3.09. The van der Waals surface area contributed by atoms with Gasteiger partial charge in [0.05, 0.1) is 29.7 Å². The molecule has 0 radical (unpaired) electrons. The van der Waals surface area contributed by atoms with Crippen LogP contribution in [0.4, 0.5) is 0 Å². The number of esters is 1. The third-order valence-corrected chi connectivity index (χ3v) is 5.88. The Labute approximate surface area is 154 Å². The minimum Gasteiger partial charge on any atom is -0.465 e. The van der Waals surface area contributed by atoms with Crippen LogP contribution in [0.3, 0.4) is 0 Å². The van der Waals surface area contributed by atoms with E-state index in [4.69, 9.17) is 9.47 Å². The number of nitrogens with one attached hydrogen (secondary N) is 2. The maximum atomic E-state index is 12.7. The molecule has 1 unspecified atom stereocenters. The Bertz CT molecular complexity index is 702. The summed E-state index contributed by atoms with van der Waals surface area (Å²) in [6, 6.07) is 4.56. The first-order valence-electron chi connectivity index (χ1n) is 7.77. The predicted molar refractivity (Wildman–Crippen MR) is 96.8 cm³/mol. The van der Waals surface area contributed by atoms with Crippen molar-refractivity contribution < 1.29 is 22.7 Å². The maximum Gasteiger partial charge on any atom is 0.338 e. The molecule has 1 aliphatic heterocycles. The van der Waals surface area contributed by atoms with Gasteiger partial charge in [-0.05, 0) is 44.0 Å². The van der Waals surface area contributed by atoms with E-state index >= 15 is 0 Å². The Hall–Kier alpha value is -1.19. The summed E-state index contributed by atoms with van der Waals surface area (Å²) < 4.78 is 37.9. The van der Waals surface area contributed by atoms with Crippen LogP contribution in [0.25, 0.3) is 0 Å². The van der Waals surface area contributed by atoms with Crippen molar-refractivity contribution in [2.24, 2.45) is 0 Å². The zero-order valence-corrected chi connectivity index (χ0v) is 16.3. The lowest BCUT2D eigenvalue weighted by molar-refractivity contribution is 0.0599. The zero-order chi connectivity index (χ0) is 17.8. The summed E-state index contributed by atoms with van der Waals surface area (Å²) in [6.07, 6.45) is 1.81. The molecule has 2 rings (SSSR count). The molecule has 0 aliphatic carbocycles. The first kappa shape index (κ1) is 21.9. The van der Waals surface area contributed by atoms with Crippen molar-refractivity contribution in [3.8, 4) is 0 Å². The molecular formula is C16H25ClN2O5S. The SMILES string of the molecule is COCC1(CNS(=O)(=O)c2cccc(C(=O)OC)c2C)CCCN1.Cl. The number of carbonyl (C=O) groups excluding carboxylic acids is 1. The van der Waals surface area contributed by atoms with E-state index in [-0.39, 0.29) is 29.4 Å². The predicted octanol–water partition coefficient (Wildman–Crippen LogP) is 1.25. The maximum absolute atomic E-state index is 12.7. The second-order valence-corrected chi connectivity index (χ2v) is 7.72. The van der Waals surface area contributed by atoms with Gasteiger partial charge in [-0.15, -0.1) is 12.4 Å². The van der Waals surface area contributed by atoms with E-state index in [1.165, 1.54) is 19.2 Å². The minimum atomic E-state index is -3.75. The lowest BCUT2D eigenvalue weighted by atomic mass is 9.99. The molecule has 1 aliphatic rings. The van der Waals surface area contributed by atoms with Gasteiger partial charge in [0.1, 0.15) is 0 Å². The lowest BCUT2D eigenvalue weighted by Crippen LogP contribution is -2.52. The Balaban J connectivity index is 0.00000312. The minimum absolute atomic E-state index is 0. The average Bonchev–Trinajstić information content (AvgIpc) is 3.02. The number of ether oxygens (including phenoxy) is 2. The highest BCUT2D eigenvalue weighted by Gasteiger charge is 2.35. The van der Waals surface area contributed by atoms with Crippen molar-refractivity contribution in [2.75, 3.05) is 33.9 Å². The fourth-order valence-corrected chi connectivity index (χ4v) is 4.41. The number of benzene rings is 1. The molecular weight excluding hydrogens is 368 g/mol. The molecule has 7 nitrogen and oxygen atoms in total. The highest BCUT2D eigenvalue weighted by Crippen LogP contribution is 2.22. The number of rotatable bonds is 7. The summed E-state index contributed by atoms with van der Waals surface area (Å²) in [5.74, 6) is -0.558. The first-order chi connectivity index (χ1) is 11.4. The summed E-state index contributed by atoms with van der Waals surface area (Å²) in [5.41, 5.74) is 0.221. The van der Waals surface area contributed by atoms with E-state index in [0.29, 0.717) is 12.2 Å². The monoisotopic (exact) mass is 392 g/mol. The highest BCUT2D eigenvalue weighted by atomic mass is 35.5. The van der Waals surface area contributed by atoms with Gasteiger partial charge in [0.25, 0.3) is 0 Å². The fourth-order valence-electron chi connectivity index (χ4n) is 3.02. The van der Waals surface area contributed by atoms with Crippen molar-refractivity contribution in [3.63, 3.8) is 0 Å². The van der Waals surface area contributed by atoms with Crippen LogP contribution in [-0.4, -0.2) is 53.8 Å². The number of sulfonamides is 1. The molecule has 1 fully saturated rings. The van der Waals surface area contributed by atoms with Crippen molar-refractivity contribution in [1.82, 2.24) is 10.0 Å². The smallest absolute Gasteiger partial charge is 0.338 e. The summed E-state index contributed by atoms with van der Waals surface area (Å²) in [7, 11) is -0.890. The topological polar surface area (TPSA) is 93.7 Å². The third-order valence-electron chi connectivity index (χ3n) is 4.33. The summed E-state index contributed by atoms with van der Waals surface area (Å²) in [5, 5.41) is 3.32. The van der Waals surface area contributed by atoms with Gasteiger partial charge in [-0.3, -0.25) is 0 Å². The van der Waals surface area contributed by atoms with Gasteiger partial charge in [0.15, 0.2) is 0 Å². The highest BCUT2D eigenvalue weighted by molar-refractivity contribution is 7.89. The van der Waals surface area contributed by atoms with Gasteiger partial charge in [0, 0.05) is 13.7 Å². The van der Waals surface area contributed by atoms with Gasteiger partial charge in [-0.1, -0.05) is 6.07 Å². The normalized spacial score (nSPS) is 20.1. The van der Waals surface area contributed by atoms with Gasteiger partial charge in [-0.2, -0.15) is 0 Å². The first-order valence-corrected chi connectivity index (χ1v) is 9.25. The van der Waals surface area contributed by atoms with Crippen LogP contribution < -0.4 is 10.0 Å². The molecule has 1 saturated heterocycles. The Morgan fingerprint density at radius 1 is 1.36 bits per heavy atom. The van der Waals surface area contributed by atoms with Crippen molar-refractivity contribution in [3.05, 3.63) is 29.3 Å². The van der Waals surface area contributed by atoms with Gasteiger partial charge >= 0.3 is 5.97 Å². The Morgan fingerprint density at radius 2 is 2.08 bits per heavy atom. The molecule has 1 aromatic carbocycles. The van der Waals surface area contributed by atoms with Crippen molar-refractivity contribution in [2.45, 2.75) is 30.2 Å². The summed E-state index contributed by atoms with van der Waals surface area (Å²) >= 11 is 0. The van der Waals surface area contributed by atoms with Gasteiger partial charge in [0.2, 0.25) is 10.0 Å². The molecule has 0 amide bonds. The summed E-state index contributed by atoms with van der Waals surface area (Å²) in [4.78, 5) is 11.8. The van der Waals surface area contributed by atoms with Crippen LogP contribution in [0.5, 0.6) is 0 Å². The molecule has 2 N–H and O–H groups in total. The fraction of sp³-hybridized carbons (Fsp3) is 0.562. The zero-order valence-electron chi connectivity index (χ0n) is 14.6. The molecule has 1 aromatic rings. The van der Waals surface area contributed by atoms with E-state index in [1.807, 2.05) is 0 Å². The number of hydrogen-bond donors (Lipinski definition) is 2. The van der Waals surface area contributed by atoms with Gasteiger partial charge in [-0.25, -0.2) is 17.9 Å². The number of hydrogen-bond acceptors (Lipinski definition) is 6. The van der Waals surface area contributed by atoms with E-state index in [2.05, 4.69) is 10.0 Å². The van der Waals surface area contributed by atoms with Crippen molar-refractivity contribution >= 4 is 28.4 Å². The molecule has 25 heavy (non-hydrogen) atoms.